The SMILES string of the molecule is CC(=O)N/C(=C/c1ccc(OC(C)=O)c(OC(C)=O)c1)C(=O)O. The molecule has 0 aliphatic carbocycles. The summed E-state index contributed by atoms with van der Waals surface area (Å²) in [5, 5.41) is 11.2. The molecule has 0 spiro atoms. The number of benzene rings is 1. The summed E-state index contributed by atoms with van der Waals surface area (Å²) in [5.74, 6) is -3.16. The molecule has 0 aromatic heterocycles. The lowest BCUT2D eigenvalue weighted by molar-refractivity contribution is -0.134. The average molecular weight is 321 g/mol. The first-order chi connectivity index (χ1) is 10.7. The number of ether oxygens (including phenoxy) is 2. The normalized spacial score (nSPS) is 10.7. The zero-order valence-electron chi connectivity index (χ0n) is 12.7. The number of carboxylic acids is 1. The van der Waals surface area contributed by atoms with Gasteiger partial charge >= 0.3 is 17.9 Å². The molecule has 8 nitrogen and oxygen atoms in total. The van der Waals surface area contributed by atoms with Crippen LogP contribution in [0.5, 0.6) is 11.5 Å². The van der Waals surface area contributed by atoms with E-state index >= 15 is 0 Å². The molecule has 0 fully saturated rings. The molecule has 0 atom stereocenters. The summed E-state index contributed by atoms with van der Waals surface area (Å²) >= 11 is 0. The highest BCUT2D eigenvalue weighted by molar-refractivity contribution is 5.96. The molecule has 0 unspecified atom stereocenters. The first kappa shape index (κ1) is 17.9. The van der Waals surface area contributed by atoms with Crippen LogP contribution in [0.2, 0.25) is 0 Å². The van der Waals surface area contributed by atoms with Crippen molar-refractivity contribution in [2.45, 2.75) is 20.8 Å². The largest absolute Gasteiger partial charge is 0.477 e. The Labute approximate surface area is 131 Å². The first-order valence-corrected chi connectivity index (χ1v) is 6.42. The Morgan fingerprint density at radius 2 is 1.57 bits per heavy atom. The van der Waals surface area contributed by atoms with Crippen molar-refractivity contribution in [1.29, 1.82) is 0 Å². The van der Waals surface area contributed by atoms with Crippen LogP contribution in [-0.4, -0.2) is 28.9 Å². The molecule has 0 saturated heterocycles. The highest BCUT2D eigenvalue weighted by atomic mass is 16.6. The van der Waals surface area contributed by atoms with Gasteiger partial charge in [-0.3, -0.25) is 14.4 Å². The maximum absolute atomic E-state index is 11.1. The number of hydrogen-bond acceptors (Lipinski definition) is 6. The van der Waals surface area contributed by atoms with Gasteiger partial charge in [-0.2, -0.15) is 0 Å². The van der Waals surface area contributed by atoms with E-state index in [1.54, 1.807) is 0 Å². The van der Waals surface area contributed by atoms with Crippen LogP contribution in [-0.2, 0) is 19.2 Å². The van der Waals surface area contributed by atoms with Gasteiger partial charge in [-0.25, -0.2) is 4.79 Å². The third-order valence-electron chi connectivity index (χ3n) is 2.33. The fourth-order valence-electron chi connectivity index (χ4n) is 1.60. The number of hydrogen-bond donors (Lipinski definition) is 2. The smallest absolute Gasteiger partial charge is 0.352 e. The second kappa shape index (κ2) is 7.74. The van der Waals surface area contributed by atoms with E-state index < -0.39 is 23.8 Å². The minimum atomic E-state index is -1.33. The Balaban J connectivity index is 3.26. The molecule has 0 saturated carbocycles. The van der Waals surface area contributed by atoms with Crippen LogP contribution >= 0.6 is 0 Å². The van der Waals surface area contributed by atoms with E-state index in [-0.39, 0.29) is 17.2 Å². The Bertz CT molecular complexity index is 691. The summed E-state index contributed by atoms with van der Waals surface area (Å²) in [7, 11) is 0. The quantitative estimate of drug-likeness (QED) is 0.473. The molecule has 1 rings (SSSR count). The van der Waals surface area contributed by atoms with Gasteiger partial charge in [0.15, 0.2) is 11.5 Å². The minimum absolute atomic E-state index is 0.0150. The minimum Gasteiger partial charge on any atom is -0.477 e. The van der Waals surface area contributed by atoms with E-state index in [1.807, 2.05) is 0 Å². The molecule has 0 heterocycles. The number of nitrogens with one attached hydrogen (secondary N) is 1. The molecular weight excluding hydrogens is 306 g/mol. The predicted octanol–water partition coefficient (Wildman–Crippen LogP) is 1.10. The number of carbonyl (C=O) groups is 4. The van der Waals surface area contributed by atoms with Gasteiger partial charge in [0.2, 0.25) is 5.91 Å². The zero-order valence-corrected chi connectivity index (χ0v) is 12.7. The van der Waals surface area contributed by atoms with E-state index in [9.17, 15) is 19.2 Å². The van der Waals surface area contributed by atoms with Gasteiger partial charge in [-0.1, -0.05) is 6.07 Å². The second-order valence-electron chi connectivity index (χ2n) is 4.44. The second-order valence-corrected chi connectivity index (χ2v) is 4.44. The predicted molar refractivity (Wildman–Crippen MR) is 78.5 cm³/mol. The standard InChI is InChI=1S/C15H15NO7/c1-8(17)16-12(15(20)21)6-11-4-5-13(22-9(2)18)14(7-11)23-10(3)19/h4-7H,1-3H3,(H,16,17)(H,20,21)/b12-6+. The number of carbonyl (C=O) groups excluding carboxylic acids is 3. The number of amides is 1. The van der Waals surface area contributed by atoms with Crippen LogP contribution in [0, 0.1) is 0 Å². The van der Waals surface area contributed by atoms with Gasteiger partial charge < -0.3 is 19.9 Å². The van der Waals surface area contributed by atoms with Crippen molar-refractivity contribution in [3.63, 3.8) is 0 Å². The van der Waals surface area contributed by atoms with Crippen molar-refractivity contribution in [3.8, 4) is 11.5 Å². The van der Waals surface area contributed by atoms with Crippen LogP contribution in [0.25, 0.3) is 6.08 Å². The number of carboxylic acid groups (broad SMARTS) is 1. The van der Waals surface area contributed by atoms with E-state index in [0.29, 0.717) is 5.56 Å². The van der Waals surface area contributed by atoms with E-state index in [2.05, 4.69) is 5.32 Å². The van der Waals surface area contributed by atoms with Crippen molar-refractivity contribution in [2.75, 3.05) is 0 Å². The molecule has 0 aliphatic heterocycles. The molecule has 1 aromatic carbocycles. The molecule has 0 aliphatic rings. The monoisotopic (exact) mass is 321 g/mol. The van der Waals surface area contributed by atoms with Crippen molar-refractivity contribution < 1.29 is 33.8 Å². The number of esters is 2. The molecule has 0 radical (unpaired) electrons. The molecule has 8 heteroatoms. The molecule has 1 aromatic rings. The Hall–Kier alpha value is -3.16. The highest BCUT2D eigenvalue weighted by Gasteiger charge is 2.13. The summed E-state index contributed by atoms with van der Waals surface area (Å²) in [5.41, 5.74) is -0.0326. The molecular formula is C15H15NO7. The van der Waals surface area contributed by atoms with E-state index in [1.165, 1.54) is 45.0 Å². The van der Waals surface area contributed by atoms with Gasteiger partial charge in [0.25, 0.3) is 0 Å². The number of aliphatic carboxylic acids is 1. The van der Waals surface area contributed by atoms with Gasteiger partial charge in [0.1, 0.15) is 5.70 Å². The van der Waals surface area contributed by atoms with Crippen molar-refractivity contribution >= 4 is 29.9 Å². The third kappa shape index (κ3) is 6.00. The lowest BCUT2D eigenvalue weighted by atomic mass is 10.1. The lowest BCUT2D eigenvalue weighted by Crippen LogP contribution is -2.24. The fourth-order valence-corrected chi connectivity index (χ4v) is 1.60. The van der Waals surface area contributed by atoms with Crippen molar-refractivity contribution in [2.24, 2.45) is 0 Å². The molecule has 0 bridgehead atoms. The van der Waals surface area contributed by atoms with Gasteiger partial charge in [0.05, 0.1) is 0 Å². The summed E-state index contributed by atoms with van der Waals surface area (Å²) < 4.78 is 9.83. The average Bonchev–Trinajstić information content (AvgIpc) is 2.39. The number of rotatable bonds is 5. The fraction of sp³-hybridized carbons (Fsp3) is 0.200. The molecule has 1 amide bonds. The maximum atomic E-state index is 11.1. The Kier molecular flexibility index (Phi) is 6.02. The summed E-state index contributed by atoms with van der Waals surface area (Å²) in [6.45, 7) is 3.52. The topological polar surface area (TPSA) is 119 Å². The maximum Gasteiger partial charge on any atom is 0.352 e. The highest BCUT2D eigenvalue weighted by Crippen LogP contribution is 2.29. The molecule has 2 N–H and O–H groups in total. The Morgan fingerprint density at radius 3 is 2.04 bits per heavy atom. The van der Waals surface area contributed by atoms with Crippen LogP contribution in [0.3, 0.4) is 0 Å². The summed E-state index contributed by atoms with van der Waals surface area (Å²) in [6.07, 6.45) is 1.17. The van der Waals surface area contributed by atoms with Gasteiger partial charge in [-0.05, 0) is 23.8 Å². The Morgan fingerprint density at radius 1 is 1.00 bits per heavy atom. The summed E-state index contributed by atoms with van der Waals surface area (Å²) in [6, 6.07) is 4.10. The van der Waals surface area contributed by atoms with Crippen LogP contribution < -0.4 is 14.8 Å². The van der Waals surface area contributed by atoms with Crippen molar-refractivity contribution in [3.05, 3.63) is 29.5 Å². The van der Waals surface area contributed by atoms with Crippen LogP contribution in [0.4, 0.5) is 0 Å². The van der Waals surface area contributed by atoms with E-state index in [4.69, 9.17) is 14.6 Å². The van der Waals surface area contributed by atoms with Gasteiger partial charge in [-0.15, -0.1) is 0 Å². The molecule has 23 heavy (non-hydrogen) atoms. The van der Waals surface area contributed by atoms with Crippen LogP contribution in [0.1, 0.15) is 26.3 Å². The van der Waals surface area contributed by atoms with E-state index in [0.717, 1.165) is 0 Å². The van der Waals surface area contributed by atoms with Gasteiger partial charge in [0, 0.05) is 20.8 Å². The third-order valence-corrected chi connectivity index (χ3v) is 2.33. The van der Waals surface area contributed by atoms with Crippen LogP contribution in [0.15, 0.2) is 23.9 Å². The summed E-state index contributed by atoms with van der Waals surface area (Å²) in [4.78, 5) is 44.2. The molecule has 122 valence electrons. The zero-order chi connectivity index (χ0) is 17.6. The first-order valence-electron chi connectivity index (χ1n) is 6.42. The van der Waals surface area contributed by atoms with Crippen molar-refractivity contribution in [1.82, 2.24) is 5.32 Å². The lowest BCUT2D eigenvalue weighted by Gasteiger charge is -2.10.